The highest BCUT2D eigenvalue weighted by Crippen LogP contribution is 2.39. The molecule has 16 heavy (non-hydrogen) atoms. The second-order valence-corrected chi connectivity index (χ2v) is 5.49. The molecule has 1 aliphatic carbocycles. The Morgan fingerprint density at radius 3 is 2.25 bits per heavy atom. The smallest absolute Gasteiger partial charge is 0.0722 e. The number of halogens is 3. The van der Waals surface area contributed by atoms with Gasteiger partial charge in [0.05, 0.1) is 15.7 Å². The van der Waals surface area contributed by atoms with Crippen molar-refractivity contribution in [1.82, 2.24) is 0 Å². The predicted molar refractivity (Wildman–Crippen MR) is 71.9 cm³/mol. The van der Waals surface area contributed by atoms with Crippen LogP contribution in [0.5, 0.6) is 0 Å². The molecule has 0 spiro atoms. The first-order chi connectivity index (χ1) is 7.61. The van der Waals surface area contributed by atoms with Crippen LogP contribution in [0.1, 0.15) is 26.2 Å². The van der Waals surface area contributed by atoms with Crippen LogP contribution in [0.4, 0.5) is 5.69 Å². The normalized spacial score (nSPS) is 17.2. The van der Waals surface area contributed by atoms with Crippen molar-refractivity contribution < 1.29 is 0 Å². The van der Waals surface area contributed by atoms with E-state index in [9.17, 15) is 0 Å². The van der Waals surface area contributed by atoms with Crippen LogP contribution in [-0.2, 0) is 0 Å². The Hall–Kier alpha value is -0.110. The zero-order valence-electron chi connectivity index (χ0n) is 9.06. The lowest BCUT2D eigenvalue weighted by Gasteiger charge is -2.19. The van der Waals surface area contributed by atoms with E-state index in [0.29, 0.717) is 21.1 Å². The molecular weight excluding hydrogens is 264 g/mol. The van der Waals surface area contributed by atoms with E-state index in [-0.39, 0.29) is 0 Å². The second kappa shape index (κ2) is 5.03. The summed E-state index contributed by atoms with van der Waals surface area (Å²) in [5, 5.41) is 5.19. The number of nitrogens with one attached hydrogen (secondary N) is 1. The summed E-state index contributed by atoms with van der Waals surface area (Å²) in [5.74, 6) is 0.771. The summed E-state index contributed by atoms with van der Waals surface area (Å²) in [4.78, 5) is 0. The van der Waals surface area contributed by atoms with Crippen LogP contribution in [0.2, 0.25) is 15.1 Å². The van der Waals surface area contributed by atoms with Gasteiger partial charge in [0.15, 0.2) is 0 Å². The molecule has 4 heteroatoms. The minimum atomic E-state index is 0.469. The summed E-state index contributed by atoms with van der Waals surface area (Å²) < 4.78 is 0. The van der Waals surface area contributed by atoms with Gasteiger partial charge in [0, 0.05) is 11.1 Å². The van der Waals surface area contributed by atoms with Crippen LogP contribution in [0.3, 0.4) is 0 Å². The predicted octanol–water partition coefficient (Wildman–Crippen LogP) is 5.25. The molecule has 0 bridgehead atoms. The van der Waals surface area contributed by atoms with Gasteiger partial charge < -0.3 is 5.32 Å². The SMILES string of the molecule is CCC(Nc1c(Cl)cc(Cl)cc1Cl)C1CC1. The second-order valence-electron chi connectivity index (χ2n) is 4.24. The lowest BCUT2D eigenvalue weighted by atomic mass is 10.1. The Labute approximate surface area is 111 Å². The van der Waals surface area contributed by atoms with Crippen LogP contribution in [0.15, 0.2) is 12.1 Å². The van der Waals surface area contributed by atoms with Gasteiger partial charge in [-0.15, -0.1) is 0 Å². The lowest BCUT2D eigenvalue weighted by molar-refractivity contribution is 0.616. The molecule has 88 valence electrons. The van der Waals surface area contributed by atoms with Crippen LogP contribution in [-0.4, -0.2) is 6.04 Å². The number of benzene rings is 1. The topological polar surface area (TPSA) is 12.0 Å². The molecule has 1 aromatic rings. The summed E-state index contributed by atoms with van der Waals surface area (Å²) >= 11 is 18.1. The van der Waals surface area contributed by atoms with E-state index in [1.807, 2.05) is 0 Å². The van der Waals surface area contributed by atoms with E-state index in [2.05, 4.69) is 12.2 Å². The molecule has 0 saturated heterocycles. The van der Waals surface area contributed by atoms with Gasteiger partial charge in [0.2, 0.25) is 0 Å². The molecule has 1 aliphatic rings. The molecule has 0 aromatic heterocycles. The fraction of sp³-hybridized carbons (Fsp3) is 0.500. The monoisotopic (exact) mass is 277 g/mol. The van der Waals surface area contributed by atoms with Gasteiger partial charge >= 0.3 is 0 Å². The molecule has 1 fully saturated rings. The molecule has 0 amide bonds. The fourth-order valence-electron chi connectivity index (χ4n) is 1.92. The summed E-state index contributed by atoms with van der Waals surface area (Å²) in [7, 11) is 0. The number of anilines is 1. The Bertz CT molecular complexity index is 365. The summed E-state index contributed by atoms with van der Waals surface area (Å²) in [6, 6.07) is 3.91. The zero-order chi connectivity index (χ0) is 11.7. The Morgan fingerprint density at radius 2 is 1.81 bits per heavy atom. The van der Waals surface area contributed by atoms with E-state index in [1.54, 1.807) is 12.1 Å². The first kappa shape index (κ1) is 12.3. The number of hydrogen-bond donors (Lipinski definition) is 1. The van der Waals surface area contributed by atoms with Crippen LogP contribution < -0.4 is 5.32 Å². The van der Waals surface area contributed by atoms with Crippen LogP contribution in [0.25, 0.3) is 0 Å². The minimum Gasteiger partial charge on any atom is -0.380 e. The summed E-state index contributed by atoms with van der Waals surface area (Å²) in [6.07, 6.45) is 3.68. The van der Waals surface area contributed by atoms with Crippen molar-refractivity contribution in [2.45, 2.75) is 32.2 Å². The van der Waals surface area contributed by atoms with E-state index in [4.69, 9.17) is 34.8 Å². The Kier molecular flexibility index (Phi) is 3.89. The van der Waals surface area contributed by atoms with Gasteiger partial charge in [-0.25, -0.2) is 0 Å². The minimum absolute atomic E-state index is 0.469. The Balaban J connectivity index is 2.19. The third kappa shape index (κ3) is 2.77. The molecule has 1 atom stereocenters. The highest BCUT2D eigenvalue weighted by atomic mass is 35.5. The van der Waals surface area contributed by atoms with Crippen molar-refractivity contribution >= 4 is 40.5 Å². The molecular formula is C12H14Cl3N. The summed E-state index contributed by atoms with van der Waals surface area (Å²) in [5.41, 5.74) is 0.812. The molecule has 0 heterocycles. The van der Waals surface area contributed by atoms with Crippen molar-refractivity contribution in [3.63, 3.8) is 0 Å². The molecule has 1 aromatic carbocycles. The zero-order valence-corrected chi connectivity index (χ0v) is 11.3. The molecule has 0 aliphatic heterocycles. The molecule has 0 radical (unpaired) electrons. The first-order valence-corrected chi connectivity index (χ1v) is 6.66. The molecule has 1 nitrogen and oxygen atoms in total. The standard InChI is InChI=1S/C12H14Cl3N/c1-2-11(7-3-4-7)16-12-9(14)5-8(13)6-10(12)15/h5-7,11,16H,2-4H2,1H3. The van der Waals surface area contributed by atoms with Gasteiger partial charge in [0.25, 0.3) is 0 Å². The highest BCUT2D eigenvalue weighted by molar-refractivity contribution is 6.41. The van der Waals surface area contributed by atoms with Crippen molar-refractivity contribution in [2.75, 3.05) is 5.32 Å². The average Bonchev–Trinajstić information content (AvgIpc) is 3.00. The quantitative estimate of drug-likeness (QED) is 0.793. The largest absolute Gasteiger partial charge is 0.380 e. The first-order valence-electron chi connectivity index (χ1n) is 5.53. The van der Waals surface area contributed by atoms with Crippen molar-refractivity contribution in [3.05, 3.63) is 27.2 Å². The van der Waals surface area contributed by atoms with Crippen LogP contribution >= 0.6 is 34.8 Å². The maximum atomic E-state index is 6.13. The molecule has 1 unspecified atom stereocenters. The van der Waals surface area contributed by atoms with Gasteiger partial charge in [-0.3, -0.25) is 0 Å². The molecule has 2 rings (SSSR count). The highest BCUT2D eigenvalue weighted by Gasteiger charge is 2.30. The Morgan fingerprint density at radius 1 is 1.25 bits per heavy atom. The van der Waals surface area contributed by atoms with E-state index >= 15 is 0 Å². The van der Waals surface area contributed by atoms with Crippen molar-refractivity contribution in [1.29, 1.82) is 0 Å². The third-order valence-electron chi connectivity index (χ3n) is 2.97. The van der Waals surface area contributed by atoms with E-state index in [0.717, 1.165) is 18.0 Å². The van der Waals surface area contributed by atoms with Crippen LogP contribution in [0, 0.1) is 5.92 Å². The summed E-state index contributed by atoms with van der Waals surface area (Å²) in [6.45, 7) is 2.17. The number of hydrogen-bond acceptors (Lipinski definition) is 1. The van der Waals surface area contributed by atoms with Gasteiger partial charge in [0.1, 0.15) is 0 Å². The molecule has 1 N–H and O–H groups in total. The van der Waals surface area contributed by atoms with Crippen molar-refractivity contribution in [2.24, 2.45) is 5.92 Å². The number of rotatable bonds is 4. The van der Waals surface area contributed by atoms with Gasteiger partial charge in [-0.2, -0.15) is 0 Å². The van der Waals surface area contributed by atoms with E-state index < -0.39 is 0 Å². The maximum Gasteiger partial charge on any atom is 0.0722 e. The third-order valence-corrected chi connectivity index (χ3v) is 3.78. The maximum absolute atomic E-state index is 6.13. The fourth-order valence-corrected chi connectivity index (χ4v) is 2.84. The molecule has 1 saturated carbocycles. The van der Waals surface area contributed by atoms with Crippen molar-refractivity contribution in [3.8, 4) is 0 Å². The average molecular weight is 279 g/mol. The lowest BCUT2D eigenvalue weighted by Crippen LogP contribution is -2.21. The van der Waals surface area contributed by atoms with Gasteiger partial charge in [-0.05, 0) is 37.3 Å². The van der Waals surface area contributed by atoms with E-state index in [1.165, 1.54) is 12.8 Å². The van der Waals surface area contributed by atoms with Gasteiger partial charge in [-0.1, -0.05) is 41.7 Å².